The van der Waals surface area contributed by atoms with Gasteiger partial charge in [0.2, 0.25) is 5.91 Å². The van der Waals surface area contributed by atoms with Gasteiger partial charge in [-0.2, -0.15) is 0 Å². The molecule has 154 valence electrons. The smallest absolute Gasteiger partial charge is 0.242 e. The largest absolute Gasteiger partial charge is 0.497 e. The lowest BCUT2D eigenvalue weighted by Gasteiger charge is -2.19. The molecule has 0 radical (unpaired) electrons. The molecular weight excluding hydrogens is 364 g/mol. The van der Waals surface area contributed by atoms with Gasteiger partial charge in [-0.1, -0.05) is 42.5 Å². The number of guanidine groups is 1. The molecule has 0 aliphatic heterocycles. The highest BCUT2D eigenvalue weighted by Gasteiger charge is 2.43. The highest BCUT2D eigenvalue weighted by atomic mass is 16.5. The fraction of sp³-hybridized carbons (Fsp3) is 0.391. The third-order valence-corrected chi connectivity index (χ3v) is 5.21. The maximum atomic E-state index is 12.2. The number of ether oxygens (including phenoxy) is 1. The van der Waals surface area contributed by atoms with Gasteiger partial charge in [0.1, 0.15) is 12.3 Å². The van der Waals surface area contributed by atoms with Crippen LogP contribution in [0.5, 0.6) is 5.75 Å². The Balaban J connectivity index is 1.48. The van der Waals surface area contributed by atoms with Crippen LogP contribution in [0.2, 0.25) is 0 Å². The fourth-order valence-electron chi connectivity index (χ4n) is 3.26. The Morgan fingerprint density at radius 3 is 2.38 bits per heavy atom. The van der Waals surface area contributed by atoms with Crippen LogP contribution >= 0.6 is 0 Å². The van der Waals surface area contributed by atoms with Crippen LogP contribution in [0.1, 0.15) is 30.9 Å². The number of aliphatic imine (C=N–C) groups is 1. The van der Waals surface area contributed by atoms with Gasteiger partial charge in [-0.25, -0.2) is 4.99 Å². The first-order chi connectivity index (χ1) is 14.1. The van der Waals surface area contributed by atoms with Crippen molar-refractivity contribution >= 4 is 11.9 Å². The minimum atomic E-state index is -0.109. The van der Waals surface area contributed by atoms with E-state index in [2.05, 4.69) is 45.2 Å². The van der Waals surface area contributed by atoms with Crippen molar-refractivity contribution in [3.63, 3.8) is 0 Å². The van der Waals surface area contributed by atoms with Gasteiger partial charge < -0.3 is 20.7 Å². The molecule has 0 bridgehead atoms. The molecule has 3 rings (SSSR count). The zero-order chi connectivity index (χ0) is 20.5. The van der Waals surface area contributed by atoms with Crippen molar-refractivity contribution in [1.82, 2.24) is 16.0 Å². The molecule has 2 aromatic rings. The average Bonchev–Trinajstić information content (AvgIpc) is 3.56. The van der Waals surface area contributed by atoms with Gasteiger partial charge in [-0.05, 0) is 43.0 Å². The molecule has 3 N–H and O–H groups in total. The number of hydrogen-bond donors (Lipinski definition) is 3. The first kappa shape index (κ1) is 20.7. The van der Waals surface area contributed by atoms with E-state index in [4.69, 9.17) is 4.74 Å². The summed E-state index contributed by atoms with van der Waals surface area (Å²) in [6.45, 7) is 4.14. The first-order valence-corrected chi connectivity index (χ1v) is 10.1. The van der Waals surface area contributed by atoms with Crippen LogP contribution < -0.4 is 20.7 Å². The number of benzene rings is 2. The normalized spacial score (nSPS) is 14.8. The molecule has 29 heavy (non-hydrogen) atoms. The molecule has 6 heteroatoms. The SMILES string of the molecule is CCNC(=NCC(=O)NCc1ccc(OC)cc1)NCC1(c2ccccc2)CC1. The first-order valence-electron chi connectivity index (χ1n) is 10.1. The molecule has 0 saturated heterocycles. The van der Waals surface area contributed by atoms with Crippen LogP contribution in [-0.2, 0) is 16.8 Å². The Kier molecular flexibility index (Phi) is 7.11. The van der Waals surface area contributed by atoms with E-state index in [-0.39, 0.29) is 17.9 Å². The van der Waals surface area contributed by atoms with Crippen molar-refractivity contribution in [2.24, 2.45) is 4.99 Å². The minimum Gasteiger partial charge on any atom is -0.497 e. The van der Waals surface area contributed by atoms with Crippen molar-refractivity contribution < 1.29 is 9.53 Å². The Labute approximate surface area is 172 Å². The second kappa shape index (κ2) is 9.96. The highest BCUT2D eigenvalue weighted by molar-refractivity contribution is 5.85. The van der Waals surface area contributed by atoms with Gasteiger partial charge >= 0.3 is 0 Å². The minimum absolute atomic E-state index is 0.0871. The van der Waals surface area contributed by atoms with Crippen molar-refractivity contribution in [2.75, 3.05) is 26.7 Å². The van der Waals surface area contributed by atoms with Crippen molar-refractivity contribution in [3.05, 3.63) is 65.7 Å². The van der Waals surface area contributed by atoms with Crippen LogP contribution in [-0.4, -0.2) is 38.6 Å². The van der Waals surface area contributed by atoms with E-state index in [1.165, 1.54) is 18.4 Å². The lowest BCUT2D eigenvalue weighted by atomic mass is 9.96. The zero-order valence-corrected chi connectivity index (χ0v) is 17.2. The summed E-state index contributed by atoms with van der Waals surface area (Å²) in [6, 6.07) is 18.2. The third kappa shape index (κ3) is 5.98. The van der Waals surface area contributed by atoms with E-state index in [0.717, 1.165) is 24.4 Å². The van der Waals surface area contributed by atoms with E-state index in [9.17, 15) is 4.79 Å². The topological polar surface area (TPSA) is 74.8 Å². The van der Waals surface area contributed by atoms with Gasteiger partial charge in [0.05, 0.1) is 7.11 Å². The summed E-state index contributed by atoms with van der Waals surface area (Å²) in [4.78, 5) is 16.6. The Morgan fingerprint density at radius 2 is 1.76 bits per heavy atom. The number of carbonyl (C=O) groups is 1. The predicted molar refractivity (Wildman–Crippen MR) is 116 cm³/mol. The van der Waals surface area contributed by atoms with Gasteiger partial charge in [0.15, 0.2) is 5.96 Å². The van der Waals surface area contributed by atoms with Gasteiger partial charge in [0, 0.05) is 25.0 Å². The van der Waals surface area contributed by atoms with Crippen LogP contribution in [0.3, 0.4) is 0 Å². The van der Waals surface area contributed by atoms with Crippen LogP contribution in [0.25, 0.3) is 0 Å². The number of nitrogens with one attached hydrogen (secondary N) is 3. The number of carbonyl (C=O) groups excluding carboxylic acids is 1. The molecule has 1 aliphatic carbocycles. The molecule has 1 aliphatic rings. The average molecular weight is 395 g/mol. The lowest BCUT2D eigenvalue weighted by molar-refractivity contribution is -0.119. The van der Waals surface area contributed by atoms with E-state index in [0.29, 0.717) is 12.5 Å². The van der Waals surface area contributed by atoms with Crippen LogP contribution in [0.15, 0.2) is 59.6 Å². The maximum Gasteiger partial charge on any atom is 0.242 e. The van der Waals surface area contributed by atoms with E-state index >= 15 is 0 Å². The zero-order valence-electron chi connectivity index (χ0n) is 17.2. The van der Waals surface area contributed by atoms with Gasteiger partial charge in [-0.3, -0.25) is 4.79 Å². The van der Waals surface area contributed by atoms with Crippen LogP contribution in [0, 0.1) is 0 Å². The van der Waals surface area contributed by atoms with Gasteiger partial charge in [-0.15, -0.1) is 0 Å². The summed E-state index contributed by atoms with van der Waals surface area (Å²) >= 11 is 0. The lowest BCUT2D eigenvalue weighted by Crippen LogP contribution is -2.42. The van der Waals surface area contributed by atoms with Crippen molar-refractivity contribution in [3.8, 4) is 5.75 Å². The summed E-state index contributed by atoms with van der Waals surface area (Å²) in [5.41, 5.74) is 2.57. The molecule has 0 heterocycles. The van der Waals surface area contributed by atoms with E-state index in [1.807, 2.05) is 37.3 Å². The summed E-state index contributed by atoms with van der Waals surface area (Å²) < 4.78 is 5.14. The maximum absolute atomic E-state index is 12.2. The molecule has 0 spiro atoms. The molecule has 0 atom stereocenters. The number of amides is 1. The molecule has 0 aromatic heterocycles. The number of hydrogen-bond acceptors (Lipinski definition) is 3. The fourth-order valence-corrected chi connectivity index (χ4v) is 3.26. The van der Waals surface area contributed by atoms with E-state index in [1.54, 1.807) is 7.11 Å². The third-order valence-electron chi connectivity index (χ3n) is 5.21. The second-order valence-corrected chi connectivity index (χ2v) is 7.32. The molecule has 6 nitrogen and oxygen atoms in total. The monoisotopic (exact) mass is 394 g/mol. The summed E-state index contributed by atoms with van der Waals surface area (Å²) in [6.07, 6.45) is 2.34. The van der Waals surface area contributed by atoms with E-state index < -0.39 is 0 Å². The number of rotatable bonds is 9. The Morgan fingerprint density at radius 1 is 1.03 bits per heavy atom. The number of nitrogens with zero attached hydrogens (tertiary/aromatic N) is 1. The molecule has 2 aromatic carbocycles. The summed E-state index contributed by atoms with van der Waals surface area (Å²) in [5, 5.41) is 9.53. The van der Waals surface area contributed by atoms with Crippen molar-refractivity contribution in [1.29, 1.82) is 0 Å². The van der Waals surface area contributed by atoms with Crippen molar-refractivity contribution in [2.45, 2.75) is 31.7 Å². The summed E-state index contributed by atoms with van der Waals surface area (Å²) in [5.74, 6) is 1.37. The van der Waals surface area contributed by atoms with Gasteiger partial charge in [0.25, 0.3) is 0 Å². The Hall–Kier alpha value is -3.02. The molecule has 1 fully saturated rings. The number of methoxy groups -OCH3 is 1. The summed E-state index contributed by atoms with van der Waals surface area (Å²) in [7, 11) is 1.63. The molecule has 0 unspecified atom stereocenters. The quantitative estimate of drug-likeness (QED) is 0.451. The Bertz CT molecular complexity index is 815. The standard InChI is InChI=1S/C23H30N4O2/c1-3-24-22(27-17-23(13-14-23)19-7-5-4-6-8-19)26-16-21(28)25-15-18-9-11-20(29-2)12-10-18/h4-12H,3,13-17H2,1-2H3,(H,25,28)(H2,24,26,27). The molecular formula is C23H30N4O2. The second-order valence-electron chi connectivity index (χ2n) is 7.32. The highest BCUT2D eigenvalue weighted by Crippen LogP contribution is 2.47. The molecule has 1 saturated carbocycles. The molecule has 1 amide bonds. The van der Waals surface area contributed by atoms with Crippen LogP contribution in [0.4, 0.5) is 0 Å². The predicted octanol–water partition coefficient (Wildman–Crippen LogP) is 2.60.